The van der Waals surface area contributed by atoms with E-state index in [1.165, 1.54) is 0 Å². The molecule has 0 amide bonds. The average Bonchev–Trinajstić information content (AvgIpc) is 2.75. The zero-order valence-corrected chi connectivity index (χ0v) is 11.3. The van der Waals surface area contributed by atoms with Crippen molar-refractivity contribution in [3.63, 3.8) is 0 Å². The van der Waals surface area contributed by atoms with Crippen LogP contribution >= 0.6 is 15.9 Å². The van der Waals surface area contributed by atoms with E-state index in [0.717, 1.165) is 12.4 Å². The van der Waals surface area contributed by atoms with Crippen LogP contribution in [0.25, 0.3) is 0 Å². The topological polar surface area (TPSA) is 87.4 Å². The highest BCUT2D eigenvalue weighted by Gasteiger charge is 2.10. The number of aromatic nitrogens is 6. The third-order valence-corrected chi connectivity index (χ3v) is 2.75. The molecular formula is C9H14BrN7. The molecular weight excluding hydrogens is 286 g/mol. The summed E-state index contributed by atoms with van der Waals surface area (Å²) < 4.78 is 4.11. The molecule has 2 N–H and O–H groups in total. The lowest BCUT2D eigenvalue weighted by Crippen LogP contribution is -2.14. The van der Waals surface area contributed by atoms with Crippen molar-refractivity contribution in [3.05, 3.63) is 16.9 Å². The zero-order chi connectivity index (χ0) is 12.4. The van der Waals surface area contributed by atoms with Gasteiger partial charge in [-0.2, -0.15) is 10.1 Å². The van der Waals surface area contributed by atoms with E-state index >= 15 is 0 Å². The van der Waals surface area contributed by atoms with Gasteiger partial charge in [0.25, 0.3) is 0 Å². The minimum atomic E-state index is 0.242. The summed E-state index contributed by atoms with van der Waals surface area (Å²) in [6, 6.07) is 0. The number of rotatable bonds is 4. The van der Waals surface area contributed by atoms with Gasteiger partial charge in [-0.25, -0.2) is 14.3 Å². The standard InChI is InChI=1S/C9H14BrN7/c1-6(2)3-16-7(12-5-13-16)4-17-8(10)14-9(11)15-17/h5-6H,3-4H2,1-2H3,(H2,11,15). The number of hydrogen-bond acceptors (Lipinski definition) is 5. The monoisotopic (exact) mass is 299 g/mol. The maximum Gasteiger partial charge on any atom is 0.240 e. The minimum Gasteiger partial charge on any atom is -0.366 e. The molecule has 0 saturated carbocycles. The van der Waals surface area contributed by atoms with Crippen molar-refractivity contribution in [1.82, 2.24) is 29.5 Å². The van der Waals surface area contributed by atoms with E-state index < -0.39 is 0 Å². The van der Waals surface area contributed by atoms with Gasteiger partial charge in [0, 0.05) is 6.54 Å². The molecule has 2 aromatic heterocycles. The fraction of sp³-hybridized carbons (Fsp3) is 0.556. The smallest absolute Gasteiger partial charge is 0.240 e. The van der Waals surface area contributed by atoms with Crippen molar-refractivity contribution in [2.45, 2.75) is 26.9 Å². The molecule has 2 heterocycles. The summed E-state index contributed by atoms with van der Waals surface area (Å²) in [5.41, 5.74) is 5.51. The fourth-order valence-corrected chi connectivity index (χ4v) is 1.87. The van der Waals surface area contributed by atoms with Gasteiger partial charge in [0.1, 0.15) is 18.7 Å². The first-order valence-corrected chi connectivity index (χ1v) is 6.08. The van der Waals surface area contributed by atoms with Crippen LogP contribution in [0.1, 0.15) is 19.7 Å². The minimum absolute atomic E-state index is 0.242. The Hall–Kier alpha value is -1.44. The molecule has 0 bridgehead atoms. The number of anilines is 1. The van der Waals surface area contributed by atoms with Crippen molar-refractivity contribution in [3.8, 4) is 0 Å². The second-order valence-electron chi connectivity index (χ2n) is 4.15. The molecule has 0 atom stereocenters. The third-order valence-electron chi connectivity index (χ3n) is 2.17. The maximum atomic E-state index is 5.51. The predicted molar refractivity (Wildman–Crippen MR) is 66.1 cm³/mol. The summed E-state index contributed by atoms with van der Waals surface area (Å²) in [6.07, 6.45) is 1.55. The summed E-state index contributed by atoms with van der Waals surface area (Å²) in [6.45, 7) is 5.60. The number of nitrogens with two attached hydrogens (primary N) is 1. The first-order valence-electron chi connectivity index (χ1n) is 5.28. The van der Waals surface area contributed by atoms with Crippen molar-refractivity contribution in [2.24, 2.45) is 5.92 Å². The van der Waals surface area contributed by atoms with E-state index in [1.54, 1.807) is 11.0 Å². The lowest BCUT2D eigenvalue weighted by atomic mass is 10.2. The third kappa shape index (κ3) is 2.82. The van der Waals surface area contributed by atoms with Gasteiger partial charge < -0.3 is 5.73 Å². The Balaban J connectivity index is 2.18. The fourth-order valence-electron chi connectivity index (χ4n) is 1.48. The summed E-state index contributed by atoms with van der Waals surface area (Å²) in [5.74, 6) is 1.59. The van der Waals surface area contributed by atoms with Gasteiger partial charge in [0.2, 0.25) is 5.95 Å². The molecule has 8 heteroatoms. The highest BCUT2D eigenvalue weighted by Crippen LogP contribution is 2.10. The van der Waals surface area contributed by atoms with E-state index in [4.69, 9.17) is 5.73 Å². The molecule has 0 saturated heterocycles. The average molecular weight is 300 g/mol. The molecule has 0 aliphatic rings. The van der Waals surface area contributed by atoms with Crippen molar-refractivity contribution in [2.75, 3.05) is 5.73 Å². The first-order chi connectivity index (χ1) is 8.06. The van der Waals surface area contributed by atoms with E-state index in [2.05, 4.69) is 49.9 Å². The number of halogens is 1. The predicted octanol–water partition coefficient (Wildman–Crippen LogP) is 0.919. The normalized spacial score (nSPS) is 11.3. The number of nitrogens with zero attached hydrogens (tertiary/aromatic N) is 6. The van der Waals surface area contributed by atoms with Crippen LogP contribution < -0.4 is 5.73 Å². The van der Waals surface area contributed by atoms with Crippen LogP contribution in [0.3, 0.4) is 0 Å². The van der Waals surface area contributed by atoms with Gasteiger partial charge in [0.15, 0.2) is 4.73 Å². The van der Waals surface area contributed by atoms with E-state index in [1.807, 2.05) is 4.68 Å². The van der Waals surface area contributed by atoms with Crippen LogP contribution in [0.2, 0.25) is 0 Å². The molecule has 0 radical (unpaired) electrons. The summed E-state index contributed by atoms with van der Waals surface area (Å²) >= 11 is 3.29. The Labute approximate surface area is 107 Å². The van der Waals surface area contributed by atoms with Crippen molar-refractivity contribution in [1.29, 1.82) is 0 Å². The van der Waals surface area contributed by atoms with Gasteiger partial charge in [-0.1, -0.05) is 13.8 Å². The largest absolute Gasteiger partial charge is 0.366 e. The van der Waals surface area contributed by atoms with E-state index in [-0.39, 0.29) is 5.95 Å². The Morgan fingerprint density at radius 1 is 1.41 bits per heavy atom. The maximum absolute atomic E-state index is 5.51. The molecule has 0 aliphatic carbocycles. The Bertz CT molecular complexity index is 501. The molecule has 2 rings (SSSR count). The van der Waals surface area contributed by atoms with Crippen LogP contribution in [0, 0.1) is 5.92 Å². The highest BCUT2D eigenvalue weighted by molar-refractivity contribution is 9.10. The van der Waals surface area contributed by atoms with Crippen molar-refractivity contribution >= 4 is 21.9 Å². The van der Waals surface area contributed by atoms with Crippen LogP contribution in [0.15, 0.2) is 11.1 Å². The summed E-state index contributed by atoms with van der Waals surface area (Å²) in [7, 11) is 0. The molecule has 0 fully saturated rings. The number of nitrogen functional groups attached to an aromatic ring is 1. The molecule has 0 unspecified atom stereocenters. The molecule has 0 spiro atoms. The quantitative estimate of drug-likeness (QED) is 0.907. The SMILES string of the molecule is CC(C)Cn1ncnc1Cn1nc(N)nc1Br. The lowest BCUT2D eigenvalue weighted by molar-refractivity contribution is 0.455. The van der Waals surface area contributed by atoms with E-state index in [9.17, 15) is 0 Å². The Morgan fingerprint density at radius 2 is 2.18 bits per heavy atom. The van der Waals surface area contributed by atoms with Gasteiger partial charge in [0.05, 0.1) is 0 Å². The summed E-state index contributed by atoms with van der Waals surface area (Å²) in [4.78, 5) is 8.19. The molecule has 0 aromatic carbocycles. The molecule has 7 nitrogen and oxygen atoms in total. The zero-order valence-electron chi connectivity index (χ0n) is 9.71. The number of hydrogen-bond donors (Lipinski definition) is 1. The second kappa shape index (κ2) is 4.82. The van der Waals surface area contributed by atoms with Gasteiger partial charge in [-0.15, -0.1) is 5.10 Å². The first kappa shape index (κ1) is 12.0. The molecule has 92 valence electrons. The highest BCUT2D eigenvalue weighted by atomic mass is 79.9. The summed E-state index contributed by atoms with van der Waals surface area (Å²) in [5, 5.41) is 8.25. The second-order valence-corrected chi connectivity index (χ2v) is 4.86. The Kier molecular flexibility index (Phi) is 3.41. The molecule has 0 aliphatic heterocycles. The van der Waals surface area contributed by atoms with Gasteiger partial charge in [-0.05, 0) is 21.8 Å². The Morgan fingerprint density at radius 3 is 2.76 bits per heavy atom. The van der Waals surface area contributed by atoms with Gasteiger partial charge in [-0.3, -0.25) is 0 Å². The lowest BCUT2D eigenvalue weighted by Gasteiger charge is -2.08. The van der Waals surface area contributed by atoms with Crippen LogP contribution in [-0.2, 0) is 13.1 Å². The van der Waals surface area contributed by atoms with E-state index in [0.29, 0.717) is 17.2 Å². The van der Waals surface area contributed by atoms with Crippen LogP contribution in [-0.4, -0.2) is 29.5 Å². The van der Waals surface area contributed by atoms with Gasteiger partial charge >= 0.3 is 0 Å². The van der Waals surface area contributed by atoms with Crippen molar-refractivity contribution < 1.29 is 0 Å². The van der Waals surface area contributed by atoms with Crippen LogP contribution in [0.5, 0.6) is 0 Å². The van der Waals surface area contributed by atoms with Crippen LogP contribution in [0.4, 0.5) is 5.95 Å². The molecule has 17 heavy (non-hydrogen) atoms. The molecule has 2 aromatic rings.